The molecule has 0 aliphatic rings. The Kier molecular flexibility index (Phi) is 5.85. The molecule has 1 N–H and O–H groups in total. The van der Waals surface area contributed by atoms with E-state index in [4.69, 9.17) is 4.74 Å². The molecule has 4 nitrogen and oxygen atoms in total. The van der Waals surface area contributed by atoms with Crippen molar-refractivity contribution in [3.8, 4) is 5.75 Å². The molecule has 5 heteroatoms. The van der Waals surface area contributed by atoms with Gasteiger partial charge in [0.2, 0.25) is 5.91 Å². The molecule has 0 atom stereocenters. The van der Waals surface area contributed by atoms with E-state index in [1.807, 2.05) is 32.0 Å². The minimum Gasteiger partial charge on any atom is -0.496 e. The second kappa shape index (κ2) is 7.16. The summed E-state index contributed by atoms with van der Waals surface area (Å²) in [6, 6.07) is 5.59. The zero-order chi connectivity index (χ0) is 13.5. The third-order valence-electron chi connectivity index (χ3n) is 2.18. The number of methoxy groups -OCH3 is 1. The number of benzene rings is 1. The number of hydrazone groups is 1. The van der Waals surface area contributed by atoms with Crippen molar-refractivity contribution in [1.29, 1.82) is 0 Å². The van der Waals surface area contributed by atoms with E-state index in [1.54, 1.807) is 13.3 Å². The predicted molar refractivity (Wildman–Crippen MR) is 75.9 cm³/mol. The molecule has 0 aromatic heterocycles. The Labute approximate surface area is 116 Å². The average molecular weight is 313 g/mol. The van der Waals surface area contributed by atoms with Gasteiger partial charge in [0.05, 0.1) is 13.3 Å². The van der Waals surface area contributed by atoms with Crippen molar-refractivity contribution in [2.75, 3.05) is 7.11 Å². The number of halogens is 1. The SMILES string of the molecule is COc1ccc(Br)cc1/C=N\NC(=O)CC(C)C. The summed E-state index contributed by atoms with van der Waals surface area (Å²) in [7, 11) is 1.60. The molecule has 98 valence electrons. The Balaban J connectivity index is 2.66. The van der Waals surface area contributed by atoms with Crippen LogP contribution in [0.5, 0.6) is 5.75 Å². The summed E-state index contributed by atoms with van der Waals surface area (Å²) in [6.07, 6.45) is 2.04. The Morgan fingerprint density at radius 2 is 2.28 bits per heavy atom. The summed E-state index contributed by atoms with van der Waals surface area (Å²) in [5.74, 6) is 0.941. The highest BCUT2D eigenvalue weighted by molar-refractivity contribution is 9.10. The first-order valence-corrected chi connectivity index (χ1v) is 6.47. The van der Waals surface area contributed by atoms with Crippen molar-refractivity contribution in [3.63, 3.8) is 0 Å². The number of carbonyl (C=O) groups is 1. The second-order valence-corrected chi connectivity index (χ2v) is 5.19. The van der Waals surface area contributed by atoms with Gasteiger partial charge in [-0.3, -0.25) is 4.79 Å². The summed E-state index contributed by atoms with van der Waals surface area (Å²) >= 11 is 3.37. The van der Waals surface area contributed by atoms with Crippen molar-refractivity contribution in [2.24, 2.45) is 11.0 Å². The molecule has 0 radical (unpaired) electrons. The van der Waals surface area contributed by atoms with Crippen LogP contribution < -0.4 is 10.2 Å². The first-order valence-electron chi connectivity index (χ1n) is 5.68. The lowest BCUT2D eigenvalue weighted by Gasteiger charge is -2.05. The zero-order valence-corrected chi connectivity index (χ0v) is 12.3. The van der Waals surface area contributed by atoms with Crippen molar-refractivity contribution < 1.29 is 9.53 Å². The highest BCUT2D eigenvalue weighted by Crippen LogP contribution is 2.21. The number of nitrogens with zero attached hydrogens (tertiary/aromatic N) is 1. The van der Waals surface area contributed by atoms with Gasteiger partial charge in [-0.1, -0.05) is 29.8 Å². The summed E-state index contributed by atoms with van der Waals surface area (Å²) in [5.41, 5.74) is 3.30. The second-order valence-electron chi connectivity index (χ2n) is 4.28. The van der Waals surface area contributed by atoms with E-state index in [1.165, 1.54) is 0 Å². The van der Waals surface area contributed by atoms with E-state index in [0.29, 0.717) is 18.1 Å². The molecule has 0 heterocycles. The van der Waals surface area contributed by atoms with Crippen molar-refractivity contribution in [3.05, 3.63) is 28.2 Å². The van der Waals surface area contributed by atoms with Crippen LogP contribution in [-0.2, 0) is 4.79 Å². The molecular formula is C13H17BrN2O2. The van der Waals surface area contributed by atoms with Crippen LogP contribution in [0.1, 0.15) is 25.8 Å². The van der Waals surface area contributed by atoms with E-state index in [-0.39, 0.29) is 5.91 Å². The smallest absolute Gasteiger partial charge is 0.240 e. The minimum absolute atomic E-state index is 0.0878. The van der Waals surface area contributed by atoms with Gasteiger partial charge in [0.25, 0.3) is 0 Å². The fourth-order valence-corrected chi connectivity index (χ4v) is 1.78. The monoisotopic (exact) mass is 312 g/mol. The first kappa shape index (κ1) is 14.7. The summed E-state index contributed by atoms with van der Waals surface area (Å²) < 4.78 is 6.13. The van der Waals surface area contributed by atoms with Crippen molar-refractivity contribution >= 4 is 28.1 Å². The highest BCUT2D eigenvalue weighted by atomic mass is 79.9. The topological polar surface area (TPSA) is 50.7 Å². The average Bonchev–Trinajstić information content (AvgIpc) is 2.28. The minimum atomic E-state index is -0.0878. The maximum atomic E-state index is 11.4. The summed E-state index contributed by atoms with van der Waals surface area (Å²) in [4.78, 5) is 11.4. The Bertz CT molecular complexity index is 445. The molecule has 1 aromatic carbocycles. The maximum Gasteiger partial charge on any atom is 0.240 e. The molecule has 0 saturated heterocycles. The lowest BCUT2D eigenvalue weighted by Crippen LogP contribution is -2.19. The molecule has 0 bridgehead atoms. The normalized spacial score (nSPS) is 10.9. The van der Waals surface area contributed by atoms with Crippen LogP contribution in [0.3, 0.4) is 0 Å². The molecule has 0 unspecified atom stereocenters. The quantitative estimate of drug-likeness (QED) is 0.671. The maximum absolute atomic E-state index is 11.4. The van der Waals surface area contributed by atoms with Crippen LogP contribution in [0.25, 0.3) is 0 Å². The Hall–Kier alpha value is -1.36. The number of carbonyl (C=O) groups excluding carboxylic acids is 1. The molecule has 0 aliphatic heterocycles. The van der Waals surface area contributed by atoms with Crippen LogP contribution in [0, 0.1) is 5.92 Å². The van der Waals surface area contributed by atoms with Gasteiger partial charge in [-0.05, 0) is 24.1 Å². The van der Waals surface area contributed by atoms with Crippen molar-refractivity contribution in [2.45, 2.75) is 20.3 Å². The van der Waals surface area contributed by atoms with Gasteiger partial charge < -0.3 is 4.74 Å². The van der Waals surface area contributed by atoms with E-state index >= 15 is 0 Å². The number of hydrogen-bond donors (Lipinski definition) is 1. The van der Waals surface area contributed by atoms with E-state index < -0.39 is 0 Å². The number of ether oxygens (including phenoxy) is 1. The molecule has 18 heavy (non-hydrogen) atoms. The fourth-order valence-electron chi connectivity index (χ4n) is 1.40. The predicted octanol–water partition coefficient (Wildman–Crippen LogP) is 2.95. The standard InChI is InChI=1S/C13H17BrN2O2/c1-9(2)6-13(17)16-15-8-10-7-11(14)4-5-12(10)18-3/h4-5,7-9H,6H2,1-3H3,(H,16,17)/b15-8-. The lowest BCUT2D eigenvalue weighted by molar-refractivity contribution is -0.121. The molecule has 0 saturated carbocycles. The van der Waals surface area contributed by atoms with Gasteiger partial charge in [0, 0.05) is 16.5 Å². The van der Waals surface area contributed by atoms with Gasteiger partial charge in [0.1, 0.15) is 5.75 Å². The van der Waals surface area contributed by atoms with Crippen LogP contribution >= 0.6 is 15.9 Å². The molecule has 0 spiro atoms. The molecule has 1 aromatic rings. The van der Waals surface area contributed by atoms with E-state index in [9.17, 15) is 4.79 Å². The molecule has 0 aliphatic carbocycles. The highest BCUT2D eigenvalue weighted by Gasteiger charge is 2.03. The molecule has 1 rings (SSSR count). The third-order valence-corrected chi connectivity index (χ3v) is 2.67. The van der Waals surface area contributed by atoms with E-state index in [0.717, 1.165) is 10.0 Å². The summed E-state index contributed by atoms with van der Waals surface area (Å²) in [6.45, 7) is 3.97. The lowest BCUT2D eigenvalue weighted by atomic mass is 10.1. The number of rotatable bonds is 5. The zero-order valence-electron chi connectivity index (χ0n) is 10.7. The number of hydrogen-bond acceptors (Lipinski definition) is 3. The van der Waals surface area contributed by atoms with Gasteiger partial charge in [-0.25, -0.2) is 5.43 Å². The molecular weight excluding hydrogens is 296 g/mol. The van der Waals surface area contributed by atoms with Gasteiger partial charge >= 0.3 is 0 Å². The van der Waals surface area contributed by atoms with Crippen molar-refractivity contribution in [1.82, 2.24) is 5.43 Å². The van der Waals surface area contributed by atoms with Crippen LogP contribution in [0.4, 0.5) is 0 Å². The molecule has 0 fully saturated rings. The Morgan fingerprint density at radius 1 is 1.56 bits per heavy atom. The van der Waals surface area contributed by atoms with Crippen LogP contribution in [0.15, 0.2) is 27.8 Å². The largest absolute Gasteiger partial charge is 0.496 e. The van der Waals surface area contributed by atoms with E-state index in [2.05, 4.69) is 26.5 Å². The van der Waals surface area contributed by atoms with Crippen LogP contribution in [-0.4, -0.2) is 19.2 Å². The van der Waals surface area contributed by atoms with Crippen LogP contribution in [0.2, 0.25) is 0 Å². The molecule has 1 amide bonds. The number of nitrogens with one attached hydrogen (secondary N) is 1. The third kappa shape index (κ3) is 4.87. The Morgan fingerprint density at radius 3 is 2.89 bits per heavy atom. The van der Waals surface area contributed by atoms with Gasteiger partial charge in [0.15, 0.2) is 0 Å². The fraction of sp³-hybridized carbons (Fsp3) is 0.385. The van der Waals surface area contributed by atoms with Gasteiger partial charge in [-0.2, -0.15) is 5.10 Å². The summed E-state index contributed by atoms with van der Waals surface area (Å²) in [5, 5.41) is 3.92. The van der Waals surface area contributed by atoms with Gasteiger partial charge in [-0.15, -0.1) is 0 Å². The first-order chi connectivity index (χ1) is 8.52. The number of amides is 1.